The number of benzene rings is 1. The van der Waals surface area contributed by atoms with Crippen molar-refractivity contribution >= 4 is 23.8 Å². The summed E-state index contributed by atoms with van der Waals surface area (Å²) in [5, 5.41) is 10.8. The van der Waals surface area contributed by atoms with Gasteiger partial charge in [-0.3, -0.25) is 10.1 Å². The van der Waals surface area contributed by atoms with Crippen LogP contribution in [-0.4, -0.2) is 22.5 Å². The van der Waals surface area contributed by atoms with Gasteiger partial charge >= 0.3 is 5.97 Å². The van der Waals surface area contributed by atoms with Crippen LogP contribution in [0.15, 0.2) is 36.5 Å². The van der Waals surface area contributed by atoms with Crippen molar-refractivity contribution in [1.29, 1.82) is 0 Å². The summed E-state index contributed by atoms with van der Waals surface area (Å²) in [7, 11) is 0. The monoisotopic (exact) mass is 316 g/mol. The summed E-state index contributed by atoms with van der Waals surface area (Å²) < 4.78 is 17.7. The van der Waals surface area contributed by atoms with Gasteiger partial charge in [0.05, 0.1) is 22.8 Å². The van der Waals surface area contributed by atoms with Gasteiger partial charge in [0.25, 0.3) is 5.69 Å². The Morgan fingerprint density at radius 2 is 2.04 bits per heavy atom. The quantitative estimate of drug-likeness (QED) is 0.479. The van der Waals surface area contributed by atoms with E-state index in [0.717, 1.165) is 12.3 Å². The second-order valence-corrected chi connectivity index (χ2v) is 4.49. The molecule has 0 aliphatic heterocycles. The number of rotatable bonds is 5. The molecule has 6 nitrogen and oxygen atoms in total. The lowest BCUT2D eigenvalue weighted by Gasteiger charge is -2.05. The number of hydrogen-bond acceptors (Lipinski definition) is 5. The summed E-state index contributed by atoms with van der Waals surface area (Å²) in [6.07, 6.45) is 4.20. The number of esters is 1. The number of halogens is 1. The summed E-state index contributed by atoms with van der Waals surface area (Å²) in [5.74, 6) is -1.05. The number of pyridine rings is 1. The van der Waals surface area contributed by atoms with Crippen LogP contribution in [0.4, 0.5) is 10.1 Å². The van der Waals surface area contributed by atoms with E-state index >= 15 is 0 Å². The zero-order valence-corrected chi connectivity index (χ0v) is 12.2. The lowest BCUT2D eigenvalue weighted by molar-refractivity contribution is -0.385. The first-order valence-electron chi connectivity index (χ1n) is 6.76. The van der Waals surface area contributed by atoms with Crippen LogP contribution < -0.4 is 0 Å². The van der Waals surface area contributed by atoms with E-state index in [2.05, 4.69) is 4.98 Å². The summed E-state index contributed by atoms with van der Waals surface area (Å²) >= 11 is 0. The molecule has 0 spiro atoms. The van der Waals surface area contributed by atoms with Crippen LogP contribution >= 0.6 is 0 Å². The van der Waals surface area contributed by atoms with E-state index in [1.807, 2.05) is 0 Å². The van der Waals surface area contributed by atoms with Crippen molar-refractivity contribution in [2.45, 2.75) is 6.92 Å². The minimum Gasteiger partial charge on any atom is -0.462 e. The van der Waals surface area contributed by atoms with Gasteiger partial charge in [-0.15, -0.1) is 0 Å². The molecule has 0 aliphatic carbocycles. The minimum absolute atomic E-state index is 0.000545. The molecule has 0 saturated heterocycles. The lowest BCUT2D eigenvalue weighted by Crippen LogP contribution is -2.08. The molecular weight excluding hydrogens is 303 g/mol. The highest BCUT2D eigenvalue weighted by atomic mass is 19.1. The number of hydrogen-bond donors (Lipinski definition) is 0. The second kappa shape index (κ2) is 7.26. The summed E-state index contributed by atoms with van der Waals surface area (Å²) in [6, 6.07) is 6.84. The molecule has 1 heterocycles. The standard InChI is InChI=1S/C16H13FN2O4/c1-2-23-16(20)14-9-13(19(21)22)10-18-15(14)8-5-11-3-6-12(17)7-4-11/h3-10H,2H2,1H3. The maximum atomic E-state index is 12.9. The van der Waals surface area contributed by atoms with Gasteiger partial charge in [-0.25, -0.2) is 14.2 Å². The number of nitro groups is 1. The predicted octanol–water partition coefficient (Wildman–Crippen LogP) is 3.48. The van der Waals surface area contributed by atoms with E-state index < -0.39 is 10.9 Å². The van der Waals surface area contributed by atoms with E-state index in [0.29, 0.717) is 5.56 Å². The van der Waals surface area contributed by atoms with Gasteiger partial charge in [0.15, 0.2) is 0 Å². The smallest absolute Gasteiger partial charge is 0.340 e. The molecule has 118 valence electrons. The Bertz CT molecular complexity index is 757. The maximum absolute atomic E-state index is 12.9. The molecule has 0 radical (unpaired) electrons. The predicted molar refractivity (Wildman–Crippen MR) is 82.2 cm³/mol. The van der Waals surface area contributed by atoms with Crippen LogP contribution in [0.5, 0.6) is 0 Å². The van der Waals surface area contributed by atoms with Gasteiger partial charge in [-0.1, -0.05) is 18.2 Å². The van der Waals surface area contributed by atoms with Gasteiger partial charge in [-0.2, -0.15) is 0 Å². The highest BCUT2D eigenvalue weighted by Crippen LogP contribution is 2.18. The Morgan fingerprint density at radius 3 is 2.65 bits per heavy atom. The third-order valence-corrected chi connectivity index (χ3v) is 2.91. The van der Waals surface area contributed by atoms with Crippen LogP contribution in [0.2, 0.25) is 0 Å². The van der Waals surface area contributed by atoms with Crippen LogP contribution in [0.25, 0.3) is 12.2 Å². The van der Waals surface area contributed by atoms with E-state index in [4.69, 9.17) is 4.74 Å². The maximum Gasteiger partial charge on any atom is 0.340 e. The molecule has 0 N–H and O–H groups in total. The van der Waals surface area contributed by atoms with Gasteiger partial charge in [0, 0.05) is 6.07 Å². The molecule has 0 fully saturated rings. The molecule has 1 aromatic heterocycles. The first-order valence-corrected chi connectivity index (χ1v) is 6.76. The number of aromatic nitrogens is 1. The Hall–Kier alpha value is -3.09. The molecule has 0 atom stereocenters. The van der Waals surface area contributed by atoms with E-state index in [1.165, 1.54) is 18.2 Å². The molecule has 0 saturated carbocycles. The fourth-order valence-corrected chi connectivity index (χ4v) is 1.82. The molecule has 23 heavy (non-hydrogen) atoms. The van der Waals surface area contributed by atoms with Crippen molar-refractivity contribution in [3.63, 3.8) is 0 Å². The second-order valence-electron chi connectivity index (χ2n) is 4.49. The van der Waals surface area contributed by atoms with Gasteiger partial charge in [-0.05, 0) is 30.7 Å². The zero-order valence-electron chi connectivity index (χ0n) is 12.2. The third kappa shape index (κ3) is 4.19. The van der Waals surface area contributed by atoms with Gasteiger partial charge in [0.1, 0.15) is 12.0 Å². The fraction of sp³-hybridized carbons (Fsp3) is 0.125. The molecule has 0 amide bonds. The van der Waals surface area contributed by atoms with Crippen LogP contribution in [0.3, 0.4) is 0 Å². The number of carbonyl (C=O) groups is 1. The van der Waals surface area contributed by atoms with Crippen molar-refractivity contribution < 1.29 is 18.8 Å². The van der Waals surface area contributed by atoms with Crippen LogP contribution in [0.1, 0.15) is 28.5 Å². The van der Waals surface area contributed by atoms with Crippen molar-refractivity contribution in [2.24, 2.45) is 0 Å². The third-order valence-electron chi connectivity index (χ3n) is 2.91. The van der Waals surface area contributed by atoms with E-state index in [-0.39, 0.29) is 29.4 Å². The minimum atomic E-state index is -0.692. The largest absolute Gasteiger partial charge is 0.462 e. The average Bonchev–Trinajstić information content (AvgIpc) is 2.54. The molecule has 2 aromatic rings. The molecule has 7 heteroatoms. The van der Waals surface area contributed by atoms with E-state index in [9.17, 15) is 19.3 Å². The number of carbonyl (C=O) groups excluding carboxylic acids is 1. The van der Waals surface area contributed by atoms with Crippen molar-refractivity contribution in [3.05, 3.63) is 69.3 Å². The first kappa shape index (κ1) is 16.3. The summed E-state index contributed by atoms with van der Waals surface area (Å²) in [6.45, 7) is 1.78. The Balaban J connectivity index is 2.38. The van der Waals surface area contributed by atoms with Crippen molar-refractivity contribution in [2.75, 3.05) is 6.61 Å². The Morgan fingerprint density at radius 1 is 1.35 bits per heavy atom. The molecule has 0 aliphatic rings. The normalized spacial score (nSPS) is 10.7. The molecule has 1 aromatic carbocycles. The fourth-order valence-electron chi connectivity index (χ4n) is 1.82. The van der Waals surface area contributed by atoms with Gasteiger partial charge < -0.3 is 4.74 Å². The number of ether oxygens (including phenoxy) is 1. The average molecular weight is 316 g/mol. The van der Waals surface area contributed by atoms with E-state index in [1.54, 1.807) is 25.1 Å². The SMILES string of the molecule is CCOC(=O)c1cc([N+](=O)[O-])cnc1C=Cc1ccc(F)cc1. The number of nitrogens with zero attached hydrogens (tertiary/aromatic N) is 2. The first-order chi connectivity index (χ1) is 11.0. The Kier molecular flexibility index (Phi) is 5.14. The highest BCUT2D eigenvalue weighted by molar-refractivity contribution is 5.94. The Labute approximate surface area is 131 Å². The van der Waals surface area contributed by atoms with Gasteiger partial charge in [0.2, 0.25) is 0 Å². The van der Waals surface area contributed by atoms with Crippen molar-refractivity contribution in [1.82, 2.24) is 4.98 Å². The topological polar surface area (TPSA) is 82.3 Å². The molecule has 2 rings (SSSR count). The summed E-state index contributed by atoms with van der Waals surface area (Å²) in [4.78, 5) is 26.0. The molecule has 0 bridgehead atoms. The van der Waals surface area contributed by atoms with Crippen LogP contribution in [0, 0.1) is 15.9 Å². The molecular formula is C16H13FN2O4. The zero-order chi connectivity index (χ0) is 16.8. The summed E-state index contributed by atoms with van der Waals surface area (Å²) in [5.41, 5.74) is 0.631. The van der Waals surface area contributed by atoms with Crippen LogP contribution in [-0.2, 0) is 4.74 Å². The lowest BCUT2D eigenvalue weighted by atomic mass is 10.1. The highest BCUT2D eigenvalue weighted by Gasteiger charge is 2.17. The molecule has 0 unspecified atom stereocenters. The van der Waals surface area contributed by atoms with Crippen molar-refractivity contribution in [3.8, 4) is 0 Å².